The Balaban J connectivity index is 2.20. The summed E-state index contributed by atoms with van der Waals surface area (Å²) in [7, 11) is 2.19. The molecule has 1 atom stereocenters. The first-order valence-corrected chi connectivity index (χ1v) is 4.44. The zero-order valence-electron chi connectivity index (χ0n) is 7.56. The van der Waals surface area contributed by atoms with Gasteiger partial charge in [0.15, 0.2) is 0 Å². The molecule has 0 radical (unpaired) electrons. The molecule has 1 saturated heterocycles. The van der Waals surface area contributed by atoms with Gasteiger partial charge in [-0.25, -0.2) is 0 Å². The average molecular weight is 154 g/mol. The van der Waals surface area contributed by atoms with Crippen LogP contribution in [0.4, 0.5) is 0 Å². The second-order valence-electron chi connectivity index (χ2n) is 3.60. The van der Waals surface area contributed by atoms with Gasteiger partial charge < -0.3 is 10.3 Å². The molecule has 1 aliphatic rings. The fraction of sp³-hybridized carbons (Fsp3) is 0.889. The third-order valence-corrected chi connectivity index (χ3v) is 2.52. The summed E-state index contributed by atoms with van der Waals surface area (Å²) in [6.07, 6.45) is 4.85. The lowest BCUT2D eigenvalue weighted by Gasteiger charge is -2.18. The maximum atomic E-state index is 7.31. The zero-order valence-corrected chi connectivity index (χ0v) is 7.56. The van der Waals surface area contributed by atoms with Crippen LogP contribution < -0.4 is 0 Å². The number of nitrogens with zero attached hydrogens (tertiary/aromatic N) is 1. The van der Waals surface area contributed by atoms with Crippen molar-refractivity contribution < 1.29 is 0 Å². The minimum atomic E-state index is 0.760. The van der Waals surface area contributed by atoms with Gasteiger partial charge in [-0.15, -0.1) is 0 Å². The van der Waals surface area contributed by atoms with Gasteiger partial charge in [-0.1, -0.05) is 0 Å². The quantitative estimate of drug-likeness (QED) is 0.618. The van der Waals surface area contributed by atoms with Crippen molar-refractivity contribution >= 4 is 5.71 Å². The largest absolute Gasteiger partial charge is 0.310 e. The molecule has 1 N–H and O–H groups in total. The Morgan fingerprint density at radius 3 is 2.82 bits per heavy atom. The van der Waals surface area contributed by atoms with Crippen LogP contribution >= 0.6 is 0 Å². The first kappa shape index (κ1) is 8.72. The maximum absolute atomic E-state index is 7.31. The molecule has 0 aromatic carbocycles. The summed E-state index contributed by atoms with van der Waals surface area (Å²) in [6.45, 7) is 3.15. The molecule has 1 rings (SSSR count). The number of likely N-dealkylation sites (tertiary alicyclic amines) is 1. The van der Waals surface area contributed by atoms with Gasteiger partial charge in [-0.3, -0.25) is 0 Å². The van der Waals surface area contributed by atoms with E-state index in [1.54, 1.807) is 0 Å². The summed E-state index contributed by atoms with van der Waals surface area (Å²) in [4.78, 5) is 2.42. The summed E-state index contributed by atoms with van der Waals surface area (Å²) in [6, 6.07) is 0.760. The van der Waals surface area contributed by atoms with E-state index in [1.165, 1.54) is 25.8 Å². The Morgan fingerprint density at radius 1 is 1.64 bits per heavy atom. The van der Waals surface area contributed by atoms with Crippen molar-refractivity contribution in [2.75, 3.05) is 13.6 Å². The van der Waals surface area contributed by atoms with Crippen molar-refractivity contribution in [3.8, 4) is 0 Å². The molecule has 0 aromatic heterocycles. The van der Waals surface area contributed by atoms with Crippen LogP contribution in [0.1, 0.15) is 32.6 Å². The van der Waals surface area contributed by atoms with Crippen molar-refractivity contribution in [1.82, 2.24) is 4.90 Å². The minimum Gasteiger partial charge on any atom is -0.310 e. The second kappa shape index (κ2) is 3.86. The Hall–Kier alpha value is -0.370. The SMILES string of the molecule is CC(=N)CC[C@@H]1CCCN1C. The van der Waals surface area contributed by atoms with E-state index in [0.29, 0.717) is 0 Å². The van der Waals surface area contributed by atoms with Gasteiger partial charge in [-0.2, -0.15) is 0 Å². The summed E-state index contributed by atoms with van der Waals surface area (Å²) in [5.41, 5.74) is 0.824. The molecule has 11 heavy (non-hydrogen) atoms. The summed E-state index contributed by atoms with van der Waals surface area (Å²) in [5, 5.41) is 7.31. The van der Waals surface area contributed by atoms with Gasteiger partial charge in [0.2, 0.25) is 0 Å². The van der Waals surface area contributed by atoms with E-state index in [1.807, 2.05) is 6.92 Å². The van der Waals surface area contributed by atoms with E-state index < -0.39 is 0 Å². The number of hydrogen-bond acceptors (Lipinski definition) is 2. The maximum Gasteiger partial charge on any atom is 0.00962 e. The van der Waals surface area contributed by atoms with Crippen LogP contribution in [0, 0.1) is 5.41 Å². The molecular weight excluding hydrogens is 136 g/mol. The van der Waals surface area contributed by atoms with Crippen molar-refractivity contribution in [1.29, 1.82) is 5.41 Å². The van der Waals surface area contributed by atoms with Crippen LogP contribution in [0.5, 0.6) is 0 Å². The van der Waals surface area contributed by atoms with E-state index >= 15 is 0 Å². The van der Waals surface area contributed by atoms with Crippen molar-refractivity contribution in [2.45, 2.75) is 38.6 Å². The third-order valence-electron chi connectivity index (χ3n) is 2.52. The summed E-state index contributed by atoms with van der Waals surface area (Å²) < 4.78 is 0. The molecule has 2 heteroatoms. The van der Waals surface area contributed by atoms with Gasteiger partial charge in [0.1, 0.15) is 0 Å². The highest BCUT2D eigenvalue weighted by atomic mass is 15.1. The van der Waals surface area contributed by atoms with Gasteiger partial charge in [-0.05, 0) is 46.2 Å². The Labute approximate surface area is 69.1 Å². The lowest BCUT2D eigenvalue weighted by Crippen LogP contribution is -2.25. The van der Waals surface area contributed by atoms with Crippen LogP contribution in [0.3, 0.4) is 0 Å². The van der Waals surface area contributed by atoms with Crippen molar-refractivity contribution in [2.24, 2.45) is 0 Å². The van der Waals surface area contributed by atoms with Gasteiger partial charge >= 0.3 is 0 Å². The van der Waals surface area contributed by atoms with Crippen LogP contribution in [0.25, 0.3) is 0 Å². The van der Waals surface area contributed by atoms with Crippen molar-refractivity contribution in [3.05, 3.63) is 0 Å². The second-order valence-corrected chi connectivity index (χ2v) is 3.60. The smallest absolute Gasteiger partial charge is 0.00962 e. The van der Waals surface area contributed by atoms with Crippen LogP contribution in [0.2, 0.25) is 0 Å². The van der Waals surface area contributed by atoms with E-state index in [-0.39, 0.29) is 0 Å². The zero-order chi connectivity index (χ0) is 8.27. The molecule has 0 bridgehead atoms. The van der Waals surface area contributed by atoms with E-state index in [4.69, 9.17) is 5.41 Å². The van der Waals surface area contributed by atoms with Crippen LogP contribution in [0.15, 0.2) is 0 Å². The Bertz CT molecular complexity index is 142. The van der Waals surface area contributed by atoms with Crippen LogP contribution in [-0.2, 0) is 0 Å². The van der Waals surface area contributed by atoms with E-state index in [0.717, 1.165) is 18.2 Å². The minimum absolute atomic E-state index is 0.760. The van der Waals surface area contributed by atoms with Crippen LogP contribution in [-0.4, -0.2) is 30.2 Å². The molecule has 64 valence electrons. The molecule has 1 fully saturated rings. The predicted molar refractivity (Wildman–Crippen MR) is 48.3 cm³/mol. The third kappa shape index (κ3) is 2.62. The number of rotatable bonds is 3. The Morgan fingerprint density at radius 2 is 2.36 bits per heavy atom. The van der Waals surface area contributed by atoms with Crippen molar-refractivity contribution in [3.63, 3.8) is 0 Å². The monoisotopic (exact) mass is 154 g/mol. The normalized spacial score (nSPS) is 25.8. The fourth-order valence-corrected chi connectivity index (χ4v) is 1.73. The summed E-state index contributed by atoms with van der Waals surface area (Å²) in [5.74, 6) is 0. The molecule has 0 spiro atoms. The molecule has 0 aliphatic carbocycles. The highest BCUT2D eigenvalue weighted by Crippen LogP contribution is 2.18. The molecule has 0 saturated carbocycles. The fourth-order valence-electron chi connectivity index (χ4n) is 1.73. The lowest BCUT2D eigenvalue weighted by molar-refractivity contribution is 0.299. The summed E-state index contributed by atoms with van der Waals surface area (Å²) >= 11 is 0. The first-order valence-electron chi connectivity index (χ1n) is 4.44. The standard InChI is InChI=1S/C9H18N2/c1-8(10)5-6-9-4-3-7-11(9)2/h9-10H,3-7H2,1-2H3/t9-/m0/s1. The molecule has 0 aromatic rings. The van der Waals surface area contributed by atoms with Gasteiger partial charge in [0.25, 0.3) is 0 Å². The molecule has 2 nitrogen and oxygen atoms in total. The molecular formula is C9H18N2. The van der Waals surface area contributed by atoms with Gasteiger partial charge in [0, 0.05) is 11.8 Å². The first-order chi connectivity index (χ1) is 5.20. The lowest BCUT2D eigenvalue weighted by atomic mass is 10.1. The Kier molecular flexibility index (Phi) is 3.06. The number of hydrogen-bond donors (Lipinski definition) is 1. The molecule has 0 amide bonds. The highest BCUT2D eigenvalue weighted by Gasteiger charge is 2.19. The van der Waals surface area contributed by atoms with E-state index in [9.17, 15) is 0 Å². The average Bonchev–Trinajstić information content (AvgIpc) is 2.31. The van der Waals surface area contributed by atoms with E-state index in [2.05, 4.69) is 11.9 Å². The molecule has 1 heterocycles. The molecule has 1 aliphatic heterocycles. The molecule has 0 unspecified atom stereocenters. The highest BCUT2D eigenvalue weighted by molar-refractivity contribution is 5.78. The topological polar surface area (TPSA) is 27.1 Å². The van der Waals surface area contributed by atoms with Gasteiger partial charge in [0.05, 0.1) is 0 Å². The predicted octanol–water partition coefficient (Wildman–Crippen LogP) is 1.90. The number of nitrogens with one attached hydrogen (secondary N) is 1.